The van der Waals surface area contributed by atoms with E-state index in [4.69, 9.17) is 11.6 Å². The molecule has 136 valence electrons. The smallest absolute Gasteiger partial charge is 0.321 e. The van der Waals surface area contributed by atoms with Crippen molar-refractivity contribution in [2.24, 2.45) is 5.92 Å². The van der Waals surface area contributed by atoms with Gasteiger partial charge in [-0.15, -0.1) is 0 Å². The zero-order valence-electron chi connectivity index (χ0n) is 14.8. The summed E-state index contributed by atoms with van der Waals surface area (Å²) in [5, 5.41) is 3.52. The lowest BCUT2D eigenvalue weighted by Crippen LogP contribution is -2.51. The number of hydrogen-bond donors (Lipinski definition) is 1. The largest absolute Gasteiger partial charge is 0.339 e. The summed E-state index contributed by atoms with van der Waals surface area (Å²) in [5.74, 6) is 0.817. The number of carbonyl (C=O) groups is 2. The van der Waals surface area contributed by atoms with Gasteiger partial charge in [0.05, 0.1) is 0 Å². The SMILES string of the molecule is Cc1ccc(NC(=O)N2CCN(C(=O)CC3CCCC3)CC2)cc1Cl. The minimum absolute atomic E-state index is 0.136. The normalized spacial score (nSPS) is 18.5. The maximum atomic E-state index is 12.4. The van der Waals surface area contributed by atoms with Crippen LogP contribution < -0.4 is 5.32 Å². The van der Waals surface area contributed by atoms with Gasteiger partial charge in [-0.05, 0) is 43.4 Å². The Balaban J connectivity index is 1.46. The number of carbonyl (C=O) groups excluding carboxylic acids is 2. The van der Waals surface area contributed by atoms with E-state index >= 15 is 0 Å². The monoisotopic (exact) mass is 363 g/mol. The van der Waals surface area contributed by atoms with Gasteiger partial charge >= 0.3 is 6.03 Å². The lowest BCUT2D eigenvalue weighted by atomic mass is 10.0. The van der Waals surface area contributed by atoms with Crippen molar-refractivity contribution >= 4 is 29.2 Å². The molecule has 2 aliphatic rings. The van der Waals surface area contributed by atoms with Crippen LogP contribution in [0.1, 0.15) is 37.7 Å². The van der Waals surface area contributed by atoms with Crippen LogP contribution in [0.3, 0.4) is 0 Å². The van der Waals surface area contributed by atoms with Crippen LogP contribution in [-0.2, 0) is 4.79 Å². The van der Waals surface area contributed by atoms with Gasteiger partial charge in [-0.25, -0.2) is 4.79 Å². The van der Waals surface area contributed by atoms with Crippen molar-refractivity contribution in [3.63, 3.8) is 0 Å². The van der Waals surface area contributed by atoms with E-state index in [9.17, 15) is 9.59 Å². The van der Waals surface area contributed by atoms with Gasteiger partial charge in [0.15, 0.2) is 0 Å². The Morgan fingerprint density at radius 3 is 2.40 bits per heavy atom. The molecule has 0 atom stereocenters. The first-order valence-corrected chi connectivity index (χ1v) is 9.50. The molecule has 1 aliphatic carbocycles. The molecule has 25 heavy (non-hydrogen) atoms. The summed E-state index contributed by atoms with van der Waals surface area (Å²) in [4.78, 5) is 28.4. The molecule has 1 saturated carbocycles. The molecule has 3 amide bonds. The van der Waals surface area contributed by atoms with Crippen molar-refractivity contribution in [1.29, 1.82) is 0 Å². The number of benzene rings is 1. The second-order valence-electron chi connectivity index (χ2n) is 7.12. The number of halogens is 1. The van der Waals surface area contributed by atoms with Crippen molar-refractivity contribution in [2.45, 2.75) is 39.0 Å². The first kappa shape index (κ1) is 18.1. The topological polar surface area (TPSA) is 52.7 Å². The predicted molar refractivity (Wildman–Crippen MR) is 99.9 cm³/mol. The van der Waals surface area contributed by atoms with E-state index < -0.39 is 0 Å². The van der Waals surface area contributed by atoms with Crippen LogP contribution in [0.15, 0.2) is 18.2 Å². The number of urea groups is 1. The van der Waals surface area contributed by atoms with Crippen LogP contribution in [-0.4, -0.2) is 47.9 Å². The molecule has 5 nitrogen and oxygen atoms in total. The predicted octanol–water partition coefficient (Wildman–Crippen LogP) is 3.90. The van der Waals surface area contributed by atoms with Crippen LogP contribution >= 0.6 is 11.6 Å². The molecular weight excluding hydrogens is 338 g/mol. The van der Waals surface area contributed by atoms with E-state index in [2.05, 4.69) is 5.32 Å². The fourth-order valence-corrected chi connectivity index (χ4v) is 3.80. The third-order valence-corrected chi connectivity index (χ3v) is 5.69. The fourth-order valence-electron chi connectivity index (χ4n) is 3.62. The summed E-state index contributed by atoms with van der Waals surface area (Å²) in [6, 6.07) is 5.36. The highest BCUT2D eigenvalue weighted by Gasteiger charge is 2.26. The number of amides is 3. The van der Waals surface area contributed by atoms with Crippen molar-refractivity contribution in [3.05, 3.63) is 28.8 Å². The molecule has 1 aliphatic heterocycles. The first-order valence-electron chi connectivity index (χ1n) is 9.13. The Labute approximate surface area is 154 Å². The quantitative estimate of drug-likeness (QED) is 0.885. The van der Waals surface area contributed by atoms with E-state index in [1.807, 2.05) is 24.0 Å². The molecule has 0 bridgehead atoms. The summed E-state index contributed by atoms with van der Waals surface area (Å²) in [6.45, 7) is 4.31. The fraction of sp³-hybridized carbons (Fsp3) is 0.579. The molecule has 1 heterocycles. The molecule has 2 fully saturated rings. The molecule has 6 heteroatoms. The van der Waals surface area contributed by atoms with Crippen molar-refractivity contribution < 1.29 is 9.59 Å². The van der Waals surface area contributed by atoms with Gasteiger partial charge in [0.25, 0.3) is 0 Å². The highest BCUT2D eigenvalue weighted by molar-refractivity contribution is 6.31. The van der Waals surface area contributed by atoms with E-state index in [0.29, 0.717) is 49.2 Å². The second-order valence-corrected chi connectivity index (χ2v) is 7.52. The van der Waals surface area contributed by atoms with Gasteiger partial charge in [-0.2, -0.15) is 0 Å². The molecule has 0 spiro atoms. The summed E-state index contributed by atoms with van der Waals surface area (Å²) >= 11 is 6.10. The Morgan fingerprint density at radius 1 is 1.12 bits per heavy atom. The van der Waals surface area contributed by atoms with Crippen molar-refractivity contribution in [1.82, 2.24) is 9.80 Å². The highest BCUT2D eigenvalue weighted by Crippen LogP contribution is 2.28. The maximum absolute atomic E-state index is 12.4. The van der Waals surface area contributed by atoms with Gasteiger partial charge in [0.2, 0.25) is 5.91 Å². The number of piperazine rings is 1. The number of aryl methyl sites for hydroxylation is 1. The van der Waals surface area contributed by atoms with Gasteiger partial charge in [0, 0.05) is 43.3 Å². The minimum atomic E-state index is -0.136. The Bertz CT molecular complexity index is 636. The molecule has 0 unspecified atom stereocenters. The van der Waals surface area contributed by atoms with Gasteiger partial charge < -0.3 is 15.1 Å². The number of nitrogens with one attached hydrogen (secondary N) is 1. The molecule has 0 aromatic heterocycles. The van der Waals surface area contributed by atoms with Gasteiger partial charge in [-0.3, -0.25) is 4.79 Å². The van der Waals surface area contributed by atoms with Gasteiger partial charge in [0.1, 0.15) is 0 Å². The molecule has 3 rings (SSSR count). The lowest BCUT2D eigenvalue weighted by molar-refractivity contribution is -0.133. The Morgan fingerprint density at radius 2 is 1.76 bits per heavy atom. The number of anilines is 1. The van der Waals surface area contributed by atoms with E-state index in [-0.39, 0.29) is 11.9 Å². The number of rotatable bonds is 3. The molecule has 1 N–H and O–H groups in total. The molecule has 1 aromatic carbocycles. The van der Waals surface area contributed by atoms with Crippen molar-refractivity contribution in [3.8, 4) is 0 Å². The van der Waals surface area contributed by atoms with Gasteiger partial charge in [-0.1, -0.05) is 30.5 Å². The van der Waals surface area contributed by atoms with Crippen LogP contribution in [0.2, 0.25) is 5.02 Å². The average molecular weight is 364 g/mol. The average Bonchev–Trinajstić information content (AvgIpc) is 3.11. The standard InChI is InChI=1S/C19H26ClN3O2/c1-14-6-7-16(13-17(14)20)21-19(25)23-10-8-22(9-11-23)18(24)12-15-4-2-3-5-15/h6-7,13,15H,2-5,8-12H2,1H3,(H,21,25). The third-order valence-electron chi connectivity index (χ3n) is 5.28. The number of hydrogen-bond acceptors (Lipinski definition) is 2. The maximum Gasteiger partial charge on any atom is 0.321 e. The molecular formula is C19H26ClN3O2. The van der Waals surface area contributed by atoms with Crippen LogP contribution in [0.5, 0.6) is 0 Å². The summed E-state index contributed by atoms with van der Waals surface area (Å²) in [5.41, 5.74) is 1.68. The van der Waals surface area contributed by atoms with Crippen molar-refractivity contribution in [2.75, 3.05) is 31.5 Å². The van der Waals surface area contributed by atoms with E-state index in [1.54, 1.807) is 11.0 Å². The highest BCUT2D eigenvalue weighted by atomic mass is 35.5. The third kappa shape index (κ3) is 4.66. The zero-order chi connectivity index (χ0) is 17.8. The molecule has 1 aromatic rings. The second kappa shape index (κ2) is 8.09. The van der Waals surface area contributed by atoms with Crippen LogP contribution in [0.4, 0.5) is 10.5 Å². The Hall–Kier alpha value is -1.75. The molecule has 1 saturated heterocycles. The summed E-state index contributed by atoms with van der Waals surface area (Å²) < 4.78 is 0. The summed E-state index contributed by atoms with van der Waals surface area (Å²) in [7, 11) is 0. The first-order chi connectivity index (χ1) is 12.0. The minimum Gasteiger partial charge on any atom is -0.339 e. The number of nitrogens with zero attached hydrogens (tertiary/aromatic N) is 2. The van der Waals surface area contributed by atoms with Crippen LogP contribution in [0.25, 0.3) is 0 Å². The molecule has 0 radical (unpaired) electrons. The van der Waals surface area contributed by atoms with Crippen LogP contribution in [0, 0.1) is 12.8 Å². The lowest BCUT2D eigenvalue weighted by Gasteiger charge is -2.35. The Kier molecular flexibility index (Phi) is 5.84. The van der Waals surface area contributed by atoms with E-state index in [1.165, 1.54) is 25.7 Å². The zero-order valence-corrected chi connectivity index (χ0v) is 15.5. The van der Waals surface area contributed by atoms with E-state index in [0.717, 1.165) is 5.56 Å². The summed E-state index contributed by atoms with van der Waals surface area (Å²) in [6.07, 6.45) is 5.57.